The normalized spacial score (nSPS) is 18.3. The van der Waals surface area contributed by atoms with Crippen molar-refractivity contribution in [2.75, 3.05) is 0 Å². The molecule has 1 aromatic rings. The molecule has 0 aliphatic heterocycles. The van der Waals surface area contributed by atoms with Gasteiger partial charge in [0.1, 0.15) is 4.90 Å². The molecule has 0 saturated heterocycles. The minimum Gasteiger partial charge on any atom is -0.0936 e. The van der Waals surface area contributed by atoms with Crippen molar-refractivity contribution >= 4 is 10.2 Å². The molecule has 1 rings (SSSR count). The Kier molecular flexibility index (Phi) is 3.03. The summed E-state index contributed by atoms with van der Waals surface area (Å²) in [6, 6.07) is 3.49. The Labute approximate surface area is 97.6 Å². The van der Waals surface area contributed by atoms with Gasteiger partial charge in [-0.2, -0.15) is 0 Å². The minimum absolute atomic E-state index is 0.153. The van der Waals surface area contributed by atoms with Gasteiger partial charge in [0.05, 0.1) is 0 Å². The molecule has 1 unspecified atom stereocenters. The fourth-order valence-electron chi connectivity index (χ4n) is 1.66. The second-order valence-electron chi connectivity index (χ2n) is 4.23. The molecule has 17 heavy (non-hydrogen) atoms. The van der Waals surface area contributed by atoms with Crippen molar-refractivity contribution in [3.05, 3.63) is 29.8 Å². The van der Waals surface area contributed by atoms with Crippen molar-refractivity contribution < 1.29 is 19.4 Å². The van der Waals surface area contributed by atoms with Gasteiger partial charge in [0.15, 0.2) is 0 Å². The Balaban J connectivity index is 3.20. The lowest BCUT2D eigenvalue weighted by molar-refractivity contribution is 0.363. The highest BCUT2D eigenvalue weighted by molar-refractivity contribution is 8.45. The molecule has 0 fully saturated rings. The second-order valence-corrected chi connectivity index (χ2v) is 6.64. The van der Waals surface area contributed by atoms with Crippen LogP contribution in [0.5, 0.6) is 0 Å². The van der Waals surface area contributed by atoms with E-state index in [1.165, 1.54) is 6.07 Å². The predicted octanol–water partition coefficient (Wildman–Crippen LogP) is 6.25. The molecule has 6 heteroatoms. The molecule has 0 amide bonds. The Morgan fingerprint density at radius 2 is 1.71 bits per heavy atom. The number of hydrogen-bond acceptors (Lipinski definition) is 0. The summed E-state index contributed by atoms with van der Waals surface area (Å²) in [7, 11) is -9.54. The van der Waals surface area contributed by atoms with Crippen LogP contribution in [-0.4, -0.2) is 0 Å². The Morgan fingerprint density at radius 1 is 1.12 bits per heavy atom. The zero-order valence-electron chi connectivity index (χ0n) is 9.60. The summed E-state index contributed by atoms with van der Waals surface area (Å²) >= 11 is 0. The van der Waals surface area contributed by atoms with E-state index in [0.717, 1.165) is 12.5 Å². The average Bonchev–Trinajstić information content (AvgIpc) is 2.15. The summed E-state index contributed by atoms with van der Waals surface area (Å²) in [6.07, 6.45) is 1.46. The molecular weight excluding hydrogens is 259 g/mol. The van der Waals surface area contributed by atoms with Crippen molar-refractivity contribution in [3.63, 3.8) is 0 Å². The topological polar surface area (TPSA) is 0 Å². The quantitative estimate of drug-likeness (QED) is 0.569. The lowest BCUT2D eigenvalue weighted by Gasteiger charge is -2.40. The molecule has 0 aliphatic rings. The van der Waals surface area contributed by atoms with Crippen LogP contribution in [0.2, 0.25) is 0 Å². The lowest BCUT2D eigenvalue weighted by atomic mass is 9.97. The van der Waals surface area contributed by atoms with Crippen molar-refractivity contribution in [1.82, 2.24) is 0 Å². The third kappa shape index (κ3) is 3.87. The van der Waals surface area contributed by atoms with E-state index in [1.807, 2.05) is 6.92 Å². The average molecular weight is 274 g/mol. The van der Waals surface area contributed by atoms with Crippen LogP contribution in [0.4, 0.5) is 19.4 Å². The van der Waals surface area contributed by atoms with Gasteiger partial charge in [0.2, 0.25) is 0 Å². The molecule has 0 aliphatic carbocycles. The van der Waals surface area contributed by atoms with Crippen molar-refractivity contribution in [3.8, 4) is 0 Å². The summed E-state index contributed by atoms with van der Waals surface area (Å²) in [5.41, 5.74) is 0.303. The zero-order chi connectivity index (χ0) is 13.4. The van der Waals surface area contributed by atoms with Crippen LogP contribution in [0.25, 0.3) is 0 Å². The molecule has 0 heterocycles. The van der Waals surface area contributed by atoms with Gasteiger partial charge in [-0.05, 0) is 30.0 Å². The highest BCUT2D eigenvalue weighted by Gasteiger charge is 2.65. The summed E-state index contributed by atoms with van der Waals surface area (Å²) in [6.45, 7) is 3.62. The third-order valence-corrected chi connectivity index (χ3v) is 3.74. The van der Waals surface area contributed by atoms with Crippen molar-refractivity contribution in [1.29, 1.82) is 0 Å². The fourth-order valence-corrected chi connectivity index (χ4v) is 2.36. The van der Waals surface area contributed by atoms with E-state index in [9.17, 15) is 19.4 Å². The van der Waals surface area contributed by atoms with E-state index >= 15 is 0 Å². The van der Waals surface area contributed by atoms with Crippen LogP contribution < -0.4 is 0 Å². The molecule has 0 spiro atoms. The first-order chi connectivity index (χ1) is 7.44. The Morgan fingerprint density at radius 3 is 2.18 bits per heavy atom. The van der Waals surface area contributed by atoms with Gasteiger partial charge in [0, 0.05) is 0 Å². The molecule has 1 aromatic carbocycles. The molecule has 0 nitrogen and oxygen atoms in total. The van der Waals surface area contributed by atoms with Gasteiger partial charge in [-0.25, -0.2) is 0 Å². The predicted molar refractivity (Wildman–Crippen MR) is 61.2 cm³/mol. The molecule has 1 atom stereocenters. The van der Waals surface area contributed by atoms with Crippen LogP contribution in [0.3, 0.4) is 0 Å². The standard InChI is InChI=1S/C11H15F5S/c1-3-5-9(2)10-6-4-7-11(8-10)17(12,13,14,15)16/h4,6-9H,3,5H2,1-2H3. The van der Waals surface area contributed by atoms with Gasteiger partial charge in [-0.15, -0.1) is 0 Å². The van der Waals surface area contributed by atoms with Crippen LogP contribution in [0.1, 0.15) is 38.2 Å². The second kappa shape index (κ2) is 3.60. The monoisotopic (exact) mass is 274 g/mol. The molecule has 0 bridgehead atoms. The molecule has 0 N–H and O–H groups in total. The highest BCUT2D eigenvalue weighted by Crippen LogP contribution is 3.02. The van der Waals surface area contributed by atoms with E-state index < -0.39 is 15.1 Å². The number of halogens is 5. The maximum absolute atomic E-state index is 12.6. The first-order valence-electron chi connectivity index (χ1n) is 5.28. The fraction of sp³-hybridized carbons (Fsp3) is 0.455. The van der Waals surface area contributed by atoms with Gasteiger partial charge >= 0.3 is 10.2 Å². The lowest BCUT2D eigenvalue weighted by Crippen LogP contribution is -2.07. The third-order valence-electron chi connectivity index (χ3n) is 2.59. The van der Waals surface area contributed by atoms with Crippen molar-refractivity contribution in [2.24, 2.45) is 0 Å². The van der Waals surface area contributed by atoms with Gasteiger partial charge in [-0.1, -0.05) is 51.8 Å². The van der Waals surface area contributed by atoms with Crippen LogP contribution in [0.15, 0.2) is 29.2 Å². The smallest absolute Gasteiger partial charge is 0.0936 e. The first-order valence-corrected chi connectivity index (χ1v) is 7.23. The SMILES string of the molecule is CCCC(C)c1cccc(S(F)(F)(F)(F)F)c1. The van der Waals surface area contributed by atoms with E-state index in [4.69, 9.17) is 0 Å². The molecule has 0 radical (unpaired) electrons. The van der Waals surface area contributed by atoms with E-state index in [1.54, 1.807) is 6.92 Å². The summed E-state index contributed by atoms with van der Waals surface area (Å²) in [5, 5.41) is 0. The van der Waals surface area contributed by atoms with E-state index in [2.05, 4.69) is 0 Å². The van der Waals surface area contributed by atoms with Crippen LogP contribution in [-0.2, 0) is 0 Å². The van der Waals surface area contributed by atoms with E-state index in [-0.39, 0.29) is 5.92 Å². The van der Waals surface area contributed by atoms with Crippen LogP contribution >= 0.6 is 10.2 Å². The molecule has 0 saturated carbocycles. The number of benzene rings is 1. The molecule has 0 aromatic heterocycles. The molecular formula is C11H15F5S. The zero-order valence-corrected chi connectivity index (χ0v) is 10.4. The number of rotatable bonds is 4. The summed E-state index contributed by atoms with van der Waals surface area (Å²) < 4.78 is 62.9. The minimum atomic E-state index is -9.54. The maximum Gasteiger partial charge on any atom is 0.310 e. The van der Waals surface area contributed by atoms with Crippen LogP contribution in [0, 0.1) is 0 Å². The van der Waals surface area contributed by atoms with Gasteiger partial charge in [0.25, 0.3) is 0 Å². The van der Waals surface area contributed by atoms with E-state index in [0.29, 0.717) is 24.1 Å². The highest BCUT2D eigenvalue weighted by atomic mass is 32.5. The molecule has 100 valence electrons. The first kappa shape index (κ1) is 14.3. The maximum atomic E-state index is 12.6. The van der Waals surface area contributed by atoms with Gasteiger partial charge < -0.3 is 0 Å². The van der Waals surface area contributed by atoms with Crippen molar-refractivity contribution in [2.45, 2.75) is 37.5 Å². The summed E-state index contributed by atoms with van der Waals surface area (Å²) in [4.78, 5) is -1.80. The summed E-state index contributed by atoms with van der Waals surface area (Å²) in [5.74, 6) is -0.153. The largest absolute Gasteiger partial charge is 0.310 e. The number of hydrogen-bond donors (Lipinski definition) is 0. The van der Waals surface area contributed by atoms with Gasteiger partial charge in [-0.3, -0.25) is 0 Å². The Hall–Kier alpha value is -0.780. The Bertz CT molecular complexity index is 408.